The van der Waals surface area contributed by atoms with E-state index in [9.17, 15) is 9.90 Å². The van der Waals surface area contributed by atoms with Crippen LogP contribution in [0.2, 0.25) is 0 Å². The van der Waals surface area contributed by atoms with Crippen molar-refractivity contribution in [3.8, 4) is 0 Å². The number of carbonyl (C=O) groups is 1. The molecule has 1 amide bonds. The normalized spacial score (nSPS) is 26.9. The number of hydrogen-bond donors (Lipinski definition) is 2. The third-order valence-corrected chi connectivity index (χ3v) is 6.31. The van der Waals surface area contributed by atoms with Crippen LogP contribution in [0.1, 0.15) is 24.0 Å². The van der Waals surface area contributed by atoms with Crippen molar-refractivity contribution in [1.82, 2.24) is 5.32 Å². The summed E-state index contributed by atoms with van der Waals surface area (Å²) in [6.07, 6.45) is 2.30. The van der Waals surface area contributed by atoms with Gasteiger partial charge in [0.05, 0.1) is 32.7 Å². The Hall–Kier alpha value is -1.44. The maximum atomic E-state index is 13.3. The van der Waals surface area contributed by atoms with Crippen molar-refractivity contribution in [3.05, 3.63) is 71.8 Å². The highest BCUT2D eigenvalue weighted by atomic mass is 127. The molecule has 3 aliphatic rings. The number of aliphatic hydroxyl groups is 1. The van der Waals surface area contributed by atoms with Gasteiger partial charge in [-0.2, -0.15) is 0 Å². The summed E-state index contributed by atoms with van der Waals surface area (Å²) in [6, 6.07) is 18.6. The van der Waals surface area contributed by atoms with Crippen LogP contribution in [-0.4, -0.2) is 48.2 Å². The summed E-state index contributed by atoms with van der Waals surface area (Å²) in [5.41, 5.74) is -0.469. The molecular weight excluding hydrogens is 451 g/mol. The molecule has 27 heavy (non-hydrogen) atoms. The molecule has 3 aliphatic heterocycles. The average Bonchev–Trinajstić information content (AvgIpc) is 2.69. The molecule has 5 heteroatoms. The minimum Gasteiger partial charge on any atom is -1.00 e. The Balaban J connectivity index is 0.00000210. The first kappa shape index (κ1) is 20.3. The van der Waals surface area contributed by atoms with Crippen molar-refractivity contribution in [1.29, 1.82) is 0 Å². The Bertz CT molecular complexity index is 734. The van der Waals surface area contributed by atoms with Gasteiger partial charge < -0.3 is 38.9 Å². The molecule has 144 valence electrons. The van der Waals surface area contributed by atoms with Crippen LogP contribution in [0.3, 0.4) is 0 Å². The predicted molar refractivity (Wildman–Crippen MR) is 101 cm³/mol. The summed E-state index contributed by atoms with van der Waals surface area (Å²) >= 11 is 0. The maximum Gasteiger partial charge on any atom is 0.261 e. The minimum absolute atomic E-state index is 0. The average molecular weight is 478 g/mol. The second-order valence-electron chi connectivity index (χ2n) is 8.11. The quantitative estimate of drug-likeness (QED) is 0.451. The molecule has 3 heterocycles. The molecule has 0 aliphatic carbocycles. The van der Waals surface area contributed by atoms with E-state index in [-0.39, 0.29) is 35.9 Å². The number of hydrogen-bond acceptors (Lipinski definition) is 2. The molecule has 5 rings (SSSR count). The van der Waals surface area contributed by atoms with Gasteiger partial charge in [-0.05, 0) is 17.0 Å². The lowest BCUT2D eigenvalue weighted by molar-refractivity contribution is -0.925. The van der Waals surface area contributed by atoms with Crippen LogP contribution in [0, 0.1) is 5.92 Å². The largest absolute Gasteiger partial charge is 1.00 e. The van der Waals surface area contributed by atoms with Gasteiger partial charge in [0.1, 0.15) is 0 Å². The molecule has 0 radical (unpaired) electrons. The van der Waals surface area contributed by atoms with E-state index in [1.54, 1.807) is 0 Å². The van der Waals surface area contributed by atoms with Crippen LogP contribution in [-0.2, 0) is 10.4 Å². The topological polar surface area (TPSA) is 49.3 Å². The number of nitrogens with one attached hydrogen (secondary N) is 1. The number of amides is 1. The van der Waals surface area contributed by atoms with Gasteiger partial charge in [-0.1, -0.05) is 60.7 Å². The van der Waals surface area contributed by atoms with Gasteiger partial charge in [0.15, 0.2) is 5.60 Å². The Morgan fingerprint density at radius 1 is 1.00 bits per heavy atom. The molecule has 1 atom stereocenters. The fourth-order valence-electron chi connectivity index (χ4n) is 4.64. The van der Waals surface area contributed by atoms with Crippen molar-refractivity contribution in [3.63, 3.8) is 0 Å². The minimum atomic E-state index is -1.67. The predicted octanol–water partition coefficient (Wildman–Crippen LogP) is -0.718. The Morgan fingerprint density at radius 2 is 1.48 bits per heavy atom. The third kappa shape index (κ3) is 3.77. The molecule has 1 unspecified atom stereocenters. The maximum absolute atomic E-state index is 13.3. The first-order valence-electron chi connectivity index (χ1n) is 9.49. The van der Waals surface area contributed by atoms with Gasteiger partial charge >= 0.3 is 0 Å². The molecule has 0 spiro atoms. The van der Waals surface area contributed by atoms with E-state index in [4.69, 9.17) is 0 Å². The lowest BCUT2D eigenvalue weighted by Crippen LogP contribution is -3.00. The zero-order chi connectivity index (χ0) is 18.2. The second kappa shape index (κ2) is 7.89. The molecule has 2 aromatic carbocycles. The van der Waals surface area contributed by atoms with Crippen LogP contribution < -0.4 is 29.3 Å². The molecular formula is C22H27IN2O2. The third-order valence-electron chi connectivity index (χ3n) is 6.31. The van der Waals surface area contributed by atoms with Gasteiger partial charge in [0, 0.05) is 12.8 Å². The first-order valence-corrected chi connectivity index (χ1v) is 9.49. The highest BCUT2D eigenvalue weighted by Gasteiger charge is 2.47. The van der Waals surface area contributed by atoms with Crippen LogP contribution in [0.4, 0.5) is 0 Å². The van der Waals surface area contributed by atoms with E-state index < -0.39 is 5.60 Å². The number of nitrogens with zero attached hydrogens (tertiary/aromatic N) is 1. The molecule has 2 bridgehead atoms. The number of halogens is 1. The Labute approximate surface area is 178 Å². The van der Waals surface area contributed by atoms with E-state index in [0.29, 0.717) is 17.0 Å². The van der Waals surface area contributed by atoms with Crippen LogP contribution in [0.15, 0.2) is 60.7 Å². The summed E-state index contributed by atoms with van der Waals surface area (Å²) in [5, 5.41) is 14.8. The number of carbonyl (C=O) groups excluding carboxylic acids is 1. The molecule has 2 N–H and O–H groups in total. The van der Waals surface area contributed by atoms with Crippen molar-refractivity contribution in [2.75, 3.05) is 26.7 Å². The standard InChI is InChI=1S/C22H26N2O2.HI/c1-24-14-12-17(13-15-24)20(16-24)23-21(25)22(26,18-8-4-2-5-9-18)19-10-6-3-7-11-19;/h2-11,17,20,26H,12-16H2,1H3;1H. The summed E-state index contributed by atoms with van der Waals surface area (Å²) in [5.74, 6) is 0.204. The van der Waals surface area contributed by atoms with Crippen molar-refractivity contribution < 1.29 is 38.4 Å². The molecule has 0 aromatic heterocycles. The molecule has 3 fully saturated rings. The molecule has 2 aromatic rings. The van der Waals surface area contributed by atoms with Crippen LogP contribution in [0.25, 0.3) is 0 Å². The highest BCUT2D eigenvalue weighted by molar-refractivity contribution is 5.90. The second-order valence-corrected chi connectivity index (χ2v) is 8.11. The van der Waals surface area contributed by atoms with Gasteiger partial charge in [0.2, 0.25) is 0 Å². The first-order chi connectivity index (χ1) is 12.5. The summed E-state index contributed by atoms with van der Waals surface area (Å²) in [7, 11) is 2.27. The number of fused-ring (bicyclic) bond motifs is 3. The van der Waals surface area contributed by atoms with Crippen molar-refractivity contribution in [2.45, 2.75) is 24.5 Å². The lowest BCUT2D eigenvalue weighted by atomic mass is 9.80. The number of rotatable bonds is 4. The van der Waals surface area contributed by atoms with Crippen molar-refractivity contribution >= 4 is 5.91 Å². The SMILES string of the molecule is C[N+]12CCC(CC1)C(NC(=O)C(O)(c1ccccc1)c1ccccc1)C2.[I-]. The highest BCUT2D eigenvalue weighted by Crippen LogP contribution is 2.34. The number of benzene rings is 2. The zero-order valence-electron chi connectivity index (χ0n) is 15.6. The smallest absolute Gasteiger partial charge is 0.261 e. The summed E-state index contributed by atoms with van der Waals surface area (Å²) < 4.78 is 1.02. The zero-order valence-corrected chi connectivity index (χ0v) is 17.8. The van der Waals surface area contributed by atoms with Crippen molar-refractivity contribution in [2.24, 2.45) is 5.92 Å². The van der Waals surface area contributed by atoms with E-state index in [0.717, 1.165) is 23.9 Å². The molecule has 3 saturated heterocycles. The van der Waals surface area contributed by atoms with Gasteiger partial charge in [-0.15, -0.1) is 0 Å². The van der Waals surface area contributed by atoms with Crippen LogP contribution >= 0.6 is 0 Å². The van der Waals surface area contributed by atoms with Gasteiger partial charge in [-0.3, -0.25) is 4.79 Å². The molecule has 4 nitrogen and oxygen atoms in total. The fourth-order valence-corrected chi connectivity index (χ4v) is 4.64. The summed E-state index contributed by atoms with van der Waals surface area (Å²) in [6.45, 7) is 3.34. The Kier molecular flexibility index (Phi) is 5.93. The number of quaternary nitrogens is 1. The number of likely N-dealkylation sites (N-methyl/N-ethyl adjacent to an activating group) is 1. The molecule has 0 saturated carbocycles. The lowest BCUT2D eigenvalue weighted by Gasteiger charge is -2.51. The van der Waals surface area contributed by atoms with E-state index in [1.807, 2.05) is 60.7 Å². The van der Waals surface area contributed by atoms with Gasteiger partial charge in [-0.25, -0.2) is 0 Å². The van der Waals surface area contributed by atoms with E-state index in [1.165, 1.54) is 13.1 Å². The summed E-state index contributed by atoms with van der Waals surface area (Å²) in [4.78, 5) is 13.3. The van der Waals surface area contributed by atoms with Crippen LogP contribution in [0.5, 0.6) is 0 Å². The van der Waals surface area contributed by atoms with E-state index in [2.05, 4.69) is 12.4 Å². The fraction of sp³-hybridized carbons (Fsp3) is 0.409. The monoisotopic (exact) mass is 478 g/mol. The Morgan fingerprint density at radius 3 is 1.93 bits per heavy atom. The van der Waals surface area contributed by atoms with Gasteiger partial charge in [0.25, 0.3) is 5.91 Å². The van der Waals surface area contributed by atoms with E-state index >= 15 is 0 Å². The number of piperidine rings is 3.